The number of carbonyl (C=O) groups is 1. The van der Waals surface area contributed by atoms with Crippen molar-refractivity contribution in [2.24, 2.45) is 0 Å². The van der Waals surface area contributed by atoms with Gasteiger partial charge in [0.2, 0.25) is 0 Å². The van der Waals surface area contributed by atoms with Crippen LogP contribution < -0.4 is 10.6 Å². The van der Waals surface area contributed by atoms with E-state index in [1.54, 1.807) is 18.2 Å². The number of hydrogen-bond acceptors (Lipinski definition) is 4. The maximum absolute atomic E-state index is 12.4. The number of benzene rings is 3. The lowest BCUT2D eigenvalue weighted by molar-refractivity contribution is 0.0978. The van der Waals surface area contributed by atoms with E-state index in [1.165, 1.54) is 11.3 Å². The lowest BCUT2D eigenvalue weighted by Crippen LogP contribution is -2.34. The van der Waals surface area contributed by atoms with E-state index in [0.29, 0.717) is 15.7 Å². The topological polar surface area (TPSA) is 54.0 Å². The van der Waals surface area contributed by atoms with E-state index in [0.717, 1.165) is 21.3 Å². The number of anilines is 1. The molecule has 0 unspecified atom stereocenters. The van der Waals surface area contributed by atoms with Gasteiger partial charge in [-0.3, -0.25) is 10.1 Å². The van der Waals surface area contributed by atoms with Crippen molar-refractivity contribution < 1.29 is 4.79 Å². The minimum absolute atomic E-state index is 0.197. The van der Waals surface area contributed by atoms with Crippen LogP contribution in [0.1, 0.15) is 10.4 Å². The van der Waals surface area contributed by atoms with Crippen molar-refractivity contribution in [2.45, 2.75) is 0 Å². The molecule has 4 rings (SSSR count). The molecule has 0 aliphatic carbocycles. The molecular formula is C21H14ClN3OS2. The van der Waals surface area contributed by atoms with Gasteiger partial charge in [0.15, 0.2) is 10.2 Å². The Kier molecular flexibility index (Phi) is 5.34. The average Bonchev–Trinajstić information content (AvgIpc) is 3.09. The SMILES string of the molecule is O=C(NC(=S)Nc1nc2ccc(Cl)cc2s1)c1ccc(-c2ccccc2)cc1. The van der Waals surface area contributed by atoms with Crippen LogP contribution in [0.15, 0.2) is 72.8 Å². The van der Waals surface area contributed by atoms with Gasteiger partial charge in [-0.1, -0.05) is 65.4 Å². The van der Waals surface area contributed by atoms with Crippen molar-refractivity contribution in [3.63, 3.8) is 0 Å². The third-order valence-corrected chi connectivity index (χ3v) is 5.43. The Morgan fingerprint density at radius 1 is 0.964 bits per heavy atom. The number of nitrogens with zero attached hydrogens (tertiary/aromatic N) is 1. The number of amides is 1. The summed E-state index contributed by atoms with van der Waals surface area (Å²) >= 11 is 12.7. The van der Waals surface area contributed by atoms with Crippen LogP contribution in [-0.2, 0) is 0 Å². The summed E-state index contributed by atoms with van der Waals surface area (Å²) in [5, 5.41) is 7.08. The largest absolute Gasteiger partial charge is 0.308 e. The first-order valence-corrected chi connectivity index (χ1v) is 10.0. The van der Waals surface area contributed by atoms with E-state index < -0.39 is 0 Å². The van der Waals surface area contributed by atoms with Crippen molar-refractivity contribution in [1.82, 2.24) is 10.3 Å². The number of aromatic nitrogens is 1. The summed E-state index contributed by atoms with van der Waals surface area (Å²) in [5.74, 6) is -0.277. The van der Waals surface area contributed by atoms with E-state index in [4.69, 9.17) is 23.8 Å². The fraction of sp³-hybridized carbons (Fsp3) is 0. The molecule has 4 aromatic rings. The molecule has 28 heavy (non-hydrogen) atoms. The van der Waals surface area contributed by atoms with Crippen molar-refractivity contribution >= 4 is 61.5 Å². The molecule has 0 saturated heterocycles. The summed E-state index contributed by atoms with van der Waals surface area (Å²) in [6.07, 6.45) is 0. The predicted octanol–water partition coefficient (Wildman–Crippen LogP) is 5.74. The zero-order valence-corrected chi connectivity index (χ0v) is 16.9. The number of hydrogen-bond donors (Lipinski definition) is 2. The van der Waals surface area contributed by atoms with Gasteiger partial charge < -0.3 is 5.32 Å². The van der Waals surface area contributed by atoms with Gasteiger partial charge in [0.05, 0.1) is 10.2 Å². The number of rotatable bonds is 3. The van der Waals surface area contributed by atoms with Crippen molar-refractivity contribution in [2.75, 3.05) is 5.32 Å². The highest BCUT2D eigenvalue weighted by Gasteiger charge is 2.11. The molecule has 0 saturated carbocycles. The van der Waals surface area contributed by atoms with Gasteiger partial charge in [0.25, 0.3) is 5.91 Å². The molecule has 4 nitrogen and oxygen atoms in total. The first kappa shape index (κ1) is 18.6. The molecule has 0 radical (unpaired) electrons. The number of thiocarbonyl (C=S) groups is 1. The molecule has 138 valence electrons. The fourth-order valence-electron chi connectivity index (χ4n) is 2.70. The monoisotopic (exact) mass is 423 g/mol. The smallest absolute Gasteiger partial charge is 0.257 e. The molecular weight excluding hydrogens is 410 g/mol. The van der Waals surface area contributed by atoms with Crippen molar-refractivity contribution in [3.05, 3.63) is 83.4 Å². The van der Waals surface area contributed by atoms with Gasteiger partial charge in [-0.05, 0) is 53.7 Å². The Labute approximate surface area is 176 Å². The van der Waals surface area contributed by atoms with Crippen LogP contribution in [0.25, 0.3) is 21.3 Å². The second kappa shape index (κ2) is 8.06. The quantitative estimate of drug-likeness (QED) is 0.412. The highest BCUT2D eigenvalue weighted by Crippen LogP contribution is 2.28. The molecule has 0 spiro atoms. The van der Waals surface area contributed by atoms with Gasteiger partial charge in [-0.25, -0.2) is 4.98 Å². The normalized spacial score (nSPS) is 10.6. The van der Waals surface area contributed by atoms with Crippen LogP contribution in [0, 0.1) is 0 Å². The van der Waals surface area contributed by atoms with E-state index in [1.807, 2.05) is 54.6 Å². The summed E-state index contributed by atoms with van der Waals surface area (Å²) in [5.41, 5.74) is 3.50. The van der Waals surface area contributed by atoms with Gasteiger partial charge in [0, 0.05) is 10.6 Å². The molecule has 0 aliphatic rings. The number of nitrogens with one attached hydrogen (secondary N) is 2. The Morgan fingerprint density at radius 2 is 1.68 bits per heavy atom. The second-order valence-electron chi connectivity index (χ2n) is 5.98. The molecule has 7 heteroatoms. The molecule has 0 atom stereocenters. The molecule has 1 heterocycles. The zero-order valence-electron chi connectivity index (χ0n) is 14.5. The van der Waals surface area contributed by atoms with Crippen LogP contribution in [0.2, 0.25) is 5.02 Å². The third-order valence-electron chi connectivity index (χ3n) is 4.05. The lowest BCUT2D eigenvalue weighted by Gasteiger charge is -2.08. The Bertz CT molecular complexity index is 1160. The molecule has 1 amide bonds. The number of thiazole rings is 1. The standard InChI is InChI=1S/C21H14ClN3OS2/c22-16-10-11-17-18(12-16)28-21(23-17)25-20(27)24-19(26)15-8-6-14(7-9-15)13-4-2-1-3-5-13/h1-12H,(H2,23,24,25,26,27). The number of fused-ring (bicyclic) bond motifs is 1. The first-order valence-electron chi connectivity index (χ1n) is 8.42. The summed E-state index contributed by atoms with van der Waals surface area (Å²) in [4.78, 5) is 16.9. The maximum atomic E-state index is 12.4. The number of carbonyl (C=O) groups excluding carboxylic acids is 1. The maximum Gasteiger partial charge on any atom is 0.257 e. The average molecular weight is 424 g/mol. The molecule has 3 aromatic carbocycles. The zero-order chi connectivity index (χ0) is 19.5. The summed E-state index contributed by atoms with van der Waals surface area (Å²) in [6, 6.07) is 22.8. The highest BCUT2D eigenvalue weighted by molar-refractivity contribution is 7.80. The molecule has 1 aromatic heterocycles. The van der Waals surface area contributed by atoms with E-state index in [9.17, 15) is 4.79 Å². The predicted molar refractivity (Wildman–Crippen MR) is 120 cm³/mol. The summed E-state index contributed by atoms with van der Waals surface area (Å²) in [6.45, 7) is 0. The van der Waals surface area contributed by atoms with E-state index in [2.05, 4.69) is 15.6 Å². The minimum Gasteiger partial charge on any atom is -0.308 e. The number of halogens is 1. The van der Waals surface area contributed by atoms with Gasteiger partial charge in [-0.2, -0.15) is 0 Å². The second-order valence-corrected chi connectivity index (χ2v) is 7.86. The Balaban J connectivity index is 1.41. The minimum atomic E-state index is -0.277. The van der Waals surface area contributed by atoms with E-state index >= 15 is 0 Å². The van der Waals surface area contributed by atoms with Gasteiger partial charge in [0.1, 0.15) is 0 Å². The molecule has 0 fully saturated rings. The lowest BCUT2D eigenvalue weighted by atomic mass is 10.0. The molecule has 0 aliphatic heterocycles. The highest BCUT2D eigenvalue weighted by atomic mass is 35.5. The van der Waals surface area contributed by atoms with Gasteiger partial charge in [-0.15, -0.1) is 0 Å². The van der Waals surface area contributed by atoms with Crippen LogP contribution >= 0.6 is 35.2 Å². The van der Waals surface area contributed by atoms with E-state index in [-0.39, 0.29) is 11.0 Å². The Hall–Kier alpha value is -2.80. The molecule has 0 bridgehead atoms. The van der Waals surface area contributed by atoms with Crippen molar-refractivity contribution in [3.8, 4) is 11.1 Å². The van der Waals surface area contributed by atoms with Crippen LogP contribution in [0.4, 0.5) is 5.13 Å². The third kappa shape index (κ3) is 4.20. The van der Waals surface area contributed by atoms with Gasteiger partial charge >= 0.3 is 0 Å². The summed E-state index contributed by atoms with van der Waals surface area (Å²) in [7, 11) is 0. The first-order chi connectivity index (χ1) is 13.6. The van der Waals surface area contributed by atoms with Crippen LogP contribution in [0.5, 0.6) is 0 Å². The van der Waals surface area contributed by atoms with Crippen LogP contribution in [-0.4, -0.2) is 16.0 Å². The Morgan fingerprint density at radius 3 is 2.43 bits per heavy atom. The fourth-order valence-corrected chi connectivity index (χ4v) is 4.10. The summed E-state index contributed by atoms with van der Waals surface area (Å²) < 4.78 is 0.945. The van der Waals surface area contributed by atoms with Crippen LogP contribution in [0.3, 0.4) is 0 Å². The van der Waals surface area contributed by atoms with Crippen molar-refractivity contribution in [1.29, 1.82) is 0 Å². The molecule has 2 N–H and O–H groups in total.